The van der Waals surface area contributed by atoms with Gasteiger partial charge in [-0.05, 0) is 88.0 Å². The molecule has 6 atom stereocenters. The van der Waals surface area contributed by atoms with E-state index in [-0.39, 0.29) is 22.3 Å². The first-order chi connectivity index (χ1) is 14.1. The van der Waals surface area contributed by atoms with Crippen molar-refractivity contribution in [2.24, 2.45) is 28.6 Å². The lowest BCUT2D eigenvalue weighted by molar-refractivity contribution is -0.181. The number of ketones is 1. The quantitative estimate of drug-likeness (QED) is 0.346. The van der Waals surface area contributed by atoms with Crippen LogP contribution in [0, 0.1) is 28.6 Å². The summed E-state index contributed by atoms with van der Waals surface area (Å²) in [4.78, 5) is 26.8. The molecule has 1 spiro atoms. The molecule has 4 fully saturated rings. The fourth-order valence-electron chi connectivity index (χ4n) is 8.55. The molecule has 0 aromatic heterocycles. The van der Waals surface area contributed by atoms with Crippen LogP contribution in [0.15, 0.2) is 11.6 Å². The van der Waals surface area contributed by atoms with E-state index in [1.165, 1.54) is 31.3 Å². The Hall–Kier alpha value is -0.430. The van der Waals surface area contributed by atoms with E-state index in [0.717, 1.165) is 38.1 Å². The molecule has 0 unspecified atom stereocenters. The number of hydrogen-bond donors (Lipinski definition) is 0. The number of carbonyl (C=O) groups excluding carboxylic acids is 2. The van der Waals surface area contributed by atoms with E-state index in [1.54, 1.807) is 0 Å². The second kappa shape index (κ2) is 6.79. The van der Waals surface area contributed by atoms with Crippen LogP contribution in [0.2, 0.25) is 0 Å². The van der Waals surface area contributed by atoms with Gasteiger partial charge in [0.2, 0.25) is 5.91 Å². The number of alkyl halides is 1. The first-order valence-corrected chi connectivity index (χ1v) is 13.4. The number of carbonyl (C=O) groups is 2. The summed E-state index contributed by atoms with van der Waals surface area (Å²) in [5.41, 5.74) is 1.07. The highest BCUT2D eigenvalue weighted by atomic mass is 127. The van der Waals surface area contributed by atoms with Gasteiger partial charge in [0, 0.05) is 11.8 Å². The molecule has 1 aliphatic heterocycles. The predicted molar refractivity (Wildman–Crippen MR) is 125 cm³/mol. The van der Waals surface area contributed by atoms with Crippen LogP contribution in [0.1, 0.15) is 79.1 Å². The van der Waals surface area contributed by atoms with Crippen molar-refractivity contribution in [3.8, 4) is 0 Å². The third kappa shape index (κ3) is 2.72. The number of rotatable bonds is 1. The molecule has 166 valence electrons. The van der Waals surface area contributed by atoms with E-state index in [4.69, 9.17) is 4.74 Å². The fourth-order valence-corrected chi connectivity index (χ4v) is 8.96. The number of nitrogens with zero attached hydrogens (tertiary/aromatic N) is 1. The van der Waals surface area contributed by atoms with E-state index < -0.39 is 5.72 Å². The highest BCUT2D eigenvalue weighted by molar-refractivity contribution is 14.1. The molecule has 5 heteroatoms. The number of allylic oxidation sites excluding steroid dienone is 1. The molecular formula is C25H36INO3. The summed E-state index contributed by atoms with van der Waals surface area (Å²) in [6.07, 6.45) is 10.8. The van der Waals surface area contributed by atoms with Crippen LogP contribution in [0.25, 0.3) is 0 Å². The summed E-state index contributed by atoms with van der Waals surface area (Å²) in [5.74, 6) is 2.62. The van der Waals surface area contributed by atoms with E-state index >= 15 is 0 Å². The molecule has 5 rings (SSSR count). The van der Waals surface area contributed by atoms with Crippen molar-refractivity contribution in [2.45, 2.75) is 90.4 Å². The molecule has 0 N–H and O–H groups in total. The number of halogens is 1. The molecule has 1 saturated heterocycles. The molecule has 5 aliphatic rings. The summed E-state index contributed by atoms with van der Waals surface area (Å²) in [6.45, 7) is 9.83. The van der Waals surface area contributed by atoms with Crippen LogP contribution < -0.4 is 0 Å². The Kier molecular flexibility index (Phi) is 4.84. The minimum absolute atomic E-state index is 0.133. The molecule has 3 saturated carbocycles. The monoisotopic (exact) mass is 525 g/mol. The molecule has 0 radical (unpaired) electrons. The third-order valence-corrected chi connectivity index (χ3v) is 10.8. The lowest BCUT2D eigenvalue weighted by Gasteiger charge is -2.59. The maximum atomic E-state index is 12.7. The van der Waals surface area contributed by atoms with Crippen LogP contribution in [0.4, 0.5) is 0 Å². The van der Waals surface area contributed by atoms with Crippen molar-refractivity contribution in [3.63, 3.8) is 0 Å². The third-order valence-electron chi connectivity index (χ3n) is 10.2. The molecule has 30 heavy (non-hydrogen) atoms. The van der Waals surface area contributed by atoms with Crippen molar-refractivity contribution < 1.29 is 14.3 Å². The van der Waals surface area contributed by atoms with Crippen molar-refractivity contribution in [2.75, 3.05) is 11.0 Å². The van der Waals surface area contributed by atoms with Crippen LogP contribution >= 0.6 is 22.6 Å². The fraction of sp³-hybridized carbons (Fsp3) is 0.840. The Morgan fingerprint density at radius 1 is 1.10 bits per heavy atom. The van der Waals surface area contributed by atoms with Gasteiger partial charge in [-0.3, -0.25) is 9.59 Å². The Bertz CT molecular complexity index is 821. The van der Waals surface area contributed by atoms with Crippen LogP contribution in [-0.2, 0) is 14.3 Å². The summed E-state index contributed by atoms with van der Waals surface area (Å²) in [6, 6.07) is 0. The molecule has 4 aliphatic carbocycles. The minimum atomic E-state index is -0.519. The molecule has 1 amide bonds. The molecular weight excluding hydrogens is 489 g/mol. The van der Waals surface area contributed by atoms with Crippen molar-refractivity contribution in [3.05, 3.63) is 11.6 Å². The summed E-state index contributed by atoms with van der Waals surface area (Å²) < 4.78 is 7.39. The first-order valence-electron chi connectivity index (χ1n) is 11.9. The zero-order chi connectivity index (χ0) is 21.5. The van der Waals surface area contributed by atoms with E-state index in [9.17, 15) is 9.59 Å². The number of hydrogen-bond acceptors (Lipinski definition) is 3. The lowest BCUT2D eigenvalue weighted by atomic mass is 9.46. The summed E-state index contributed by atoms with van der Waals surface area (Å²) in [5, 5.41) is 0. The molecule has 0 bridgehead atoms. The van der Waals surface area contributed by atoms with E-state index in [2.05, 4.69) is 50.3 Å². The average molecular weight is 525 g/mol. The number of ether oxygens (including phenoxy) is 1. The Morgan fingerprint density at radius 3 is 2.57 bits per heavy atom. The Morgan fingerprint density at radius 2 is 1.83 bits per heavy atom. The van der Waals surface area contributed by atoms with Gasteiger partial charge in [0.05, 0.1) is 16.6 Å². The van der Waals surface area contributed by atoms with Gasteiger partial charge in [-0.1, -0.05) is 42.0 Å². The molecule has 4 nitrogen and oxygen atoms in total. The van der Waals surface area contributed by atoms with Crippen LogP contribution in [-0.4, -0.2) is 38.9 Å². The minimum Gasteiger partial charge on any atom is -0.347 e. The topological polar surface area (TPSA) is 46.6 Å². The van der Waals surface area contributed by atoms with Crippen LogP contribution in [0.5, 0.6) is 0 Å². The van der Waals surface area contributed by atoms with Crippen molar-refractivity contribution in [1.82, 2.24) is 4.90 Å². The smallest absolute Gasteiger partial charge is 0.234 e. The van der Waals surface area contributed by atoms with E-state index in [0.29, 0.717) is 22.0 Å². The molecule has 1 heterocycles. The van der Waals surface area contributed by atoms with E-state index in [1.807, 2.05) is 11.0 Å². The zero-order valence-corrected chi connectivity index (χ0v) is 21.1. The second-order valence-corrected chi connectivity index (χ2v) is 12.4. The van der Waals surface area contributed by atoms with Gasteiger partial charge in [-0.25, -0.2) is 0 Å². The number of amides is 1. The predicted octanol–water partition coefficient (Wildman–Crippen LogP) is 5.29. The maximum absolute atomic E-state index is 12.7. The first kappa shape index (κ1) is 21.4. The van der Waals surface area contributed by atoms with Gasteiger partial charge in [0.15, 0.2) is 5.78 Å². The van der Waals surface area contributed by atoms with Crippen LogP contribution in [0.3, 0.4) is 0 Å². The Balaban J connectivity index is 1.46. The standard InChI is InChI=1S/C25H36INO3/c1-22(2)27(21(29)14-26)15-25(30-22)12-9-20-18-6-5-16-13-17(28)7-10-23(16,3)19(18)8-11-24(20,25)4/h13,18-20H,5-12,14-15H2,1-4H3/t18-,19+,20+,23+,24+,25-/m1/s1. The summed E-state index contributed by atoms with van der Waals surface area (Å²) >= 11 is 2.18. The van der Waals surface area contributed by atoms with Gasteiger partial charge in [0.1, 0.15) is 5.72 Å². The van der Waals surface area contributed by atoms with Crippen molar-refractivity contribution in [1.29, 1.82) is 0 Å². The number of fused-ring (bicyclic) bond motifs is 6. The van der Waals surface area contributed by atoms with Gasteiger partial charge >= 0.3 is 0 Å². The van der Waals surface area contributed by atoms with Gasteiger partial charge in [-0.2, -0.15) is 0 Å². The Labute approximate surface area is 194 Å². The average Bonchev–Trinajstić information content (AvgIpc) is 3.14. The van der Waals surface area contributed by atoms with Gasteiger partial charge in [-0.15, -0.1) is 0 Å². The molecule has 0 aromatic rings. The zero-order valence-electron chi connectivity index (χ0n) is 18.9. The maximum Gasteiger partial charge on any atom is 0.234 e. The SMILES string of the molecule is CC1(C)O[C@]2(CC[C@H]3[C@@H]4CCC5=CC(=O)CC[C@]5(C)[C@H]4CC[C@@]32C)CN1C(=O)CI. The largest absolute Gasteiger partial charge is 0.347 e. The highest BCUT2D eigenvalue weighted by Gasteiger charge is 2.69. The highest BCUT2D eigenvalue weighted by Crippen LogP contribution is 2.69. The lowest BCUT2D eigenvalue weighted by Crippen LogP contribution is -2.56. The second-order valence-electron chi connectivity index (χ2n) is 11.6. The normalized spacial score (nSPS) is 47.0. The van der Waals surface area contributed by atoms with Crippen molar-refractivity contribution >= 4 is 34.3 Å². The summed E-state index contributed by atoms with van der Waals surface area (Å²) in [7, 11) is 0. The van der Waals surface area contributed by atoms with Gasteiger partial charge in [0.25, 0.3) is 0 Å². The van der Waals surface area contributed by atoms with Gasteiger partial charge < -0.3 is 9.64 Å². The molecule has 0 aromatic carbocycles.